The van der Waals surface area contributed by atoms with Crippen molar-refractivity contribution in [2.24, 2.45) is 0 Å². The standard InChI is InChI=1S/C25H26N4O2/c1-2-26-25(31)28(19-14-15-19)17-23(30)29-21-12-7-6-11-20(21)27-16-8-13-22(27)24(29)18-9-4-3-5-10-18/h3-13,16,19,24H,2,14-15,17H2,1H3,(H,26,31)/t24-/m0/s1. The van der Waals surface area contributed by atoms with Crippen molar-refractivity contribution in [3.63, 3.8) is 0 Å². The maximum Gasteiger partial charge on any atom is 0.318 e. The predicted octanol–water partition coefficient (Wildman–Crippen LogP) is 4.11. The number of hydrogen-bond donors (Lipinski definition) is 1. The van der Waals surface area contributed by atoms with Crippen molar-refractivity contribution in [2.45, 2.75) is 31.8 Å². The third kappa shape index (κ3) is 3.48. The summed E-state index contributed by atoms with van der Waals surface area (Å²) in [6.45, 7) is 2.50. The Morgan fingerprint density at radius 3 is 2.39 bits per heavy atom. The first-order valence-corrected chi connectivity index (χ1v) is 10.9. The van der Waals surface area contributed by atoms with Gasteiger partial charge < -0.3 is 14.8 Å². The third-order valence-electron chi connectivity index (χ3n) is 5.99. The van der Waals surface area contributed by atoms with Crippen molar-refractivity contribution in [2.75, 3.05) is 18.0 Å². The van der Waals surface area contributed by atoms with Crippen LogP contribution in [0, 0.1) is 0 Å². The molecule has 6 nitrogen and oxygen atoms in total. The summed E-state index contributed by atoms with van der Waals surface area (Å²) in [6.07, 6.45) is 3.94. The van der Waals surface area contributed by atoms with Crippen molar-refractivity contribution in [3.05, 3.63) is 84.2 Å². The van der Waals surface area contributed by atoms with Crippen LogP contribution in [0.4, 0.5) is 10.5 Å². The number of carbonyl (C=O) groups excluding carboxylic acids is 2. The number of benzene rings is 2. The highest BCUT2D eigenvalue weighted by molar-refractivity contribution is 6.00. The zero-order valence-corrected chi connectivity index (χ0v) is 17.6. The number of aromatic nitrogens is 1. The summed E-state index contributed by atoms with van der Waals surface area (Å²) < 4.78 is 2.15. The zero-order valence-electron chi connectivity index (χ0n) is 17.6. The minimum atomic E-state index is -0.256. The van der Waals surface area contributed by atoms with Gasteiger partial charge in [0.2, 0.25) is 5.91 Å². The minimum Gasteiger partial charge on any atom is -0.338 e. The summed E-state index contributed by atoms with van der Waals surface area (Å²) in [6, 6.07) is 21.9. The second kappa shape index (κ2) is 7.95. The van der Waals surface area contributed by atoms with Crippen LogP contribution in [0.5, 0.6) is 0 Å². The molecule has 0 unspecified atom stereocenters. The SMILES string of the molecule is CCNC(=O)N(CC(=O)N1c2ccccc2-n2cccc2[C@@H]1c1ccccc1)C1CC1. The molecule has 31 heavy (non-hydrogen) atoms. The van der Waals surface area contributed by atoms with Gasteiger partial charge in [0.15, 0.2) is 0 Å². The van der Waals surface area contributed by atoms with Gasteiger partial charge in [0.05, 0.1) is 17.1 Å². The number of amides is 3. The monoisotopic (exact) mass is 414 g/mol. The van der Waals surface area contributed by atoms with E-state index in [1.807, 2.05) is 66.6 Å². The molecule has 1 aliphatic heterocycles. The highest BCUT2D eigenvalue weighted by Gasteiger charge is 2.39. The molecule has 1 saturated carbocycles. The van der Waals surface area contributed by atoms with Gasteiger partial charge >= 0.3 is 6.03 Å². The maximum absolute atomic E-state index is 13.8. The number of anilines is 1. The summed E-state index contributed by atoms with van der Waals surface area (Å²) in [5.41, 5.74) is 3.91. The molecule has 0 spiro atoms. The lowest BCUT2D eigenvalue weighted by Crippen LogP contribution is -2.49. The molecule has 2 aromatic carbocycles. The first-order chi connectivity index (χ1) is 15.2. The van der Waals surface area contributed by atoms with Gasteiger partial charge in [0.25, 0.3) is 0 Å². The lowest BCUT2D eigenvalue weighted by Gasteiger charge is -2.39. The first kappa shape index (κ1) is 19.4. The summed E-state index contributed by atoms with van der Waals surface area (Å²) >= 11 is 0. The zero-order chi connectivity index (χ0) is 21.4. The van der Waals surface area contributed by atoms with Crippen LogP contribution in [0.15, 0.2) is 72.9 Å². The van der Waals surface area contributed by atoms with Crippen molar-refractivity contribution in [3.8, 4) is 5.69 Å². The van der Waals surface area contributed by atoms with E-state index in [-0.39, 0.29) is 30.6 Å². The fourth-order valence-electron chi connectivity index (χ4n) is 4.44. The lowest BCUT2D eigenvalue weighted by atomic mass is 9.97. The number of nitrogens with zero attached hydrogens (tertiary/aromatic N) is 3. The number of urea groups is 1. The number of hydrogen-bond acceptors (Lipinski definition) is 2. The summed E-state index contributed by atoms with van der Waals surface area (Å²) in [7, 11) is 0. The van der Waals surface area contributed by atoms with Crippen molar-refractivity contribution in [1.82, 2.24) is 14.8 Å². The average molecular weight is 415 g/mol. The molecule has 5 rings (SSSR count). The van der Waals surface area contributed by atoms with Crippen LogP contribution in [0.25, 0.3) is 5.69 Å². The third-order valence-corrected chi connectivity index (χ3v) is 5.99. The Balaban J connectivity index is 1.57. The molecule has 2 aliphatic rings. The number of para-hydroxylation sites is 2. The molecular formula is C25H26N4O2. The van der Waals surface area contributed by atoms with E-state index in [1.54, 1.807) is 4.90 Å². The van der Waals surface area contributed by atoms with Crippen molar-refractivity contribution < 1.29 is 9.59 Å². The fraction of sp³-hybridized carbons (Fsp3) is 0.280. The number of carbonyl (C=O) groups is 2. The molecular weight excluding hydrogens is 388 g/mol. The Kier molecular flexibility index (Phi) is 4.98. The normalized spacial score (nSPS) is 16.9. The Bertz CT molecular complexity index is 1100. The smallest absolute Gasteiger partial charge is 0.318 e. The molecule has 0 saturated heterocycles. The van der Waals surface area contributed by atoms with Gasteiger partial charge in [-0.25, -0.2) is 4.79 Å². The van der Waals surface area contributed by atoms with Crippen LogP contribution in [0.2, 0.25) is 0 Å². The molecule has 1 atom stereocenters. The van der Waals surface area contributed by atoms with Gasteiger partial charge in [-0.2, -0.15) is 0 Å². The molecule has 0 bridgehead atoms. The second-order valence-corrected chi connectivity index (χ2v) is 8.06. The molecule has 2 heterocycles. The largest absolute Gasteiger partial charge is 0.338 e. The highest BCUT2D eigenvalue weighted by Crippen LogP contribution is 2.42. The van der Waals surface area contributed by atoms with E-state index >= 15 is 0 Å². The van der Waals surface area contributed by atoms with E-state index in [1.165, 1.54) is 0 Å². The van der Waals surface area contributed by atoms with E-state index in [9.17, 15) is 9.59 Å². The number of fused-ring (bicyclic) bond motifs is 3. The average Bonchev–Trinajstić information content (AvgIpc) is 3.52. The van der Waals surface area contributed by atoms with Gasteiger partial charge in [-0.1, -0.05) is 42.5 Å². The number of rotatable bonds is 5. The van der Waals surface area contributed by atoms with Gasteiger partial charge in [-0.15, -0.1) is 0 Å². The van der Waals surface area contributed by atoms with Crippen LogP contribution in [0.3, 0.4) is 0 Å². The van der Waals surface area contributed by atoms with Gasteiger partial charge in [0, 0.05) is 18.8 Å². The highest BCUT2D eigenvalue weighted by atomic mass is 16.2. The molecule has 1 N–H and O–H groups in total. The van der Waals surface area contributed by atoms with Crippen molar-refractivity contribution in [1.29, 1.82) is 0 Å². The van der Waals surface area contributed by atoms with Crippen LogP contribution in [-0.2, 0) is 4.79 Å². The fourth-order valence-corrected chi connectivity index (χ4v) is 4.44. The van der Waals surface area contributed by atoms with E-state index in [4.69, 9.17) is 0 Å². The van der Waals surface area contributed by atoms with E-state index in [2.05, 4.69) is 28.1 Å². The molecule has 3 amide bonds. The Morgan fingerprint density at radius 1 is 0.968 bits per heavy atom. The topological polar surface area (TPSA) is 57.6 Å². The van der Waals surface area contributed by atoms with Crippen LogP contribution >= 0.6 is 0 Å². The Hall–Kier alpha value is -3.54. The quantitative estimate of drug-likeness (QED) is 0.683. The second-order valence-electron chi connectivity index (χ2n) is 8.06. The molecule has 1 fully saturated rings. The van der Waals surface area contributed by atoms with Gasteiger partial charge in [0.1, 0.15) is 12.6 Å². The van der Waals surface area contributed by atoms with Crippen LogP contribution in [-0.4, -0.2) is 40.5 Å². The number of nitrogens with one attached hydrogen (secondary N) is 1. The molecule has 1 aliphatic carbocycles. The lowest BCUT2D eigenvalue weighted by molar-refractivity contribution is -0.119. The van der Waals surface area contributed by atoms with Crippen LogP contribution < -0.4 is 10.2 Å². The molecule has 0 radical (unpaired) electrons. The molecule has 158 valence electrons. The predicted molar refractivity (Wildman–Crippen MR) is 120 cm³/mol. The molecule has 6 heteroatoms. The summed E-state index contributed by atoms with van der Waals surface area (Å²) in [5.74, 6) is -0.0769. The first-order valence-electron chi connectivity index (χ1n) is 10.9. The van der Waals surface area contributed by atoms with Crippen molar-refractivity contribution >= 4 is 17.6 Å². The minimum absolute atomic E-state index is 0.0644. The summed E-state index contributed by atoms with van der Waals surface area (Å²) in [5, 5.41) is 2.86. The van der Waals surface area contributed by atoms with Gasteiger partial charge in [-0.3, -0.25) is 9.69 Å². The van der Waals surface area contributed by atoms with Gasteiger partial charge in [-0.05, 0) is 49.6 Å². The Morgan fingerprint density at radius 2 is 1.68 bits per heavy atom. The van der Waals surface area contributed by atoms with E-state index < -0.39 is 0 Å². The van der Waals surface area contributed by atoms with E-state index in [0.717, 1.165) is 35.5 Å². The Labute approximate surface area is 182 Å². The van der Waals surface area contributed by atoms with Crippen LogP contribution in [0.1, 0.15) is 37.1 Å². The maximum atomic E-state index is 13.8. The molecule has 1 aromatic heterocycles. The molecule has 3 aromatic rings. The summed E-state index contributed by atoms with van der Waals surface area (Å²) in [4.78, 5) is 30.0. The van der Waals surface area contributed by atoms with E-state index in [0.29, 0.717) is 6.54 Å².